The van der Waals surface area contributed by atoms with E-state index in [1.807, 2.05) is 6.92 Å². The minimum atomic E-state index is -0.405. The number of aryl methyl sites for hydroxylation is 1. The maximum absolute atomic E-state index is 12.6. The molecule has 0 unspecified atom stereocenters. The summed E-state index contributed by atoms with van der Waals surface area (Å²) in [5.41, 5.74) is 5.83. The Labute approximate surface area is 168 Å². The highest BCUT2D eigenvalue weighted by Gasteiger charge is 2.39. The van der Waals surface area contributed by atoms with Crippen molar-refractivity contribution in [2.45, 2.75) is 32.6 Å². The topological polar surface area (TPSA) is 98.7 Å². The number of primary amides is 1. The minimum Gasteiger partial charge on any atom is -0.493 e. The highest BCUT2D eigenvalue weighted by atomic mass is 35.5. The van der Waals surface area contributed by atoms with Crippen LogP contribution < -0.4 is 10.5 Å². The third-order valence-corrected chi connectivity index (χ3v) is 5.40. The fourth-order valence-electron chi connectivity index (χ4n) is 3.43. The summed E-state index contributed by atoms with van der Waals surface area (Å²) >= 11 is 5.90. The van der Waals surface area contributed by atoms with E-state index in [0.29, 0.717) is 49.7 Å². The summed E-state index contributed by atoms with van der Waals surface area (Å²) in [6.07, 6.45) is 2.15. The van der Waals surface area contributed by atoms with Crippen LogP contribution in [0, 0.1) is 5.41 Å². The van der Waals surface area contributed by atoms with Crippen LogP contribution in [0.4, 0.5) is 0 Å². The number of nitrogens with two attached hydrogens (primary N) is 1. The lowest BCUT2D eigenvalue weighted by atomic mass is 9.76. The summed E-state index contributed by atoms with van der Waals surface area (Å²) in [5.74, 6) is 0.373. The molecule has 1 fully saturated rings. The first-order valence-corrected chi connectivity index (χ1v) is 9.70. The molecule has 2 heterocycles. The maximum Gasteiger partial charge on any atom is 0.292 e. The summed E-state index contributed by atoms with van der Waals surface area (Å²) in [6, 6.07) is 8.75. The van der Waals surface area contributed by atoms with Gasteiger partial charge in [-0.2, -0.15) is 0 Å². The second kappa shape index (κ2) is 8.65. The van der Waals surface area contributed by atoms with Crippen LogP contribution in [0.25, 0.3) is 0 Å². The van der Waals surface area contributed by atoms with Crippen LogP contribution in [0.1, 0.15) is 42.4 Å². The number of benzene rings is 1. The lowest BCUT2D eigenvalue weighted by Crippen LogP contribution is -2.47. The first-order chi connectivity index (χ1) is 13.4. The van der Waals surface area contributed by atoms with Crippen molar-refractivity contribution in [2.75, 3.05) is 19.7 Å². The van der Waals surface area contributed by atoms with Gasteiger partial charge in [-0.25, -0.2) is 0 Å². The Morgan fingerprint density at radius 2 is 1.96 bits per heavy atom. The number of carbonyl (C=O) groups excluding carboxylic acids is 2. The van der Waals surface area contributed by atoms with Crippen molar-refractivity contribution in [3.05, 3.63) is 46.8 Å². The summed E-state index contributed by atoms with van der Waals surface area (Å²) in [7, 11) is 0. The molecule has 0 atom stereocenters. The molecular formula is C20H24ClN3O4. The van der Waals surface area contributed by atoms with Gasteiger partial charge in [0.05, 0.1) is 12.3 Å². The Morgan fingerprint density at radius 3 is 2.54 bits per heavy atom. The molecule has 0 spiro atoms. The number of hydrogen-bond acceptors (Lipinski definition) is 5. The zero-order chi connectivity index (χ0) is 20.1. The van der Waals surface area contributed by atoms with Crippen molar-refractivity contribution in [3.8, 4) is 5.75 Å². The van der Waals surface area contributed by atoms with Crippen molar-refractivity contribution < 1.29 is 18.8 Å². The quantitative estimate of drug-likeness (QED) is 0.763. The molecule has 0 saturated carbocycles. The lowest BCUT2D eigenvalue weighted by molar-refractivity contribution is -0.121. The molecule has 0 aliphatic carbocycles. The third kappa shape index (κ3) is 4.84. The number of hydrogen-bond donors (Lipinski definition) is 1. The largest absolute Gasteiger partial charge is 0.493 e. The van der Waals surface area contributed by atoms with Crippen molar-refractivity contribution in [1.29, 1.82) is 0 Å². The van der Waals surface area contributed by atoms with Gasteiger partial charge in [-0.1, -0.05) is 23.7 Å². The van der Waals surface area contributed by atoms with Crippen molar-refractivity contribution in [1.82, 2.24) is 10.1 Å². The number of carbonyl (C=O) groups is 2. The molecule has 1 aromatic carbocycles. The predicted octanol–water partition coefficient (Wildman–Crippen LogP) is 3.07. The molecule has 0 bridgehead atoms. The molecule has 7 nitrogen and oxygen atoms in total. The van der Waals surface area contributed by atoms with Gasteiger partial charge in [-0.05, 0) is 43.5 Å². The highest BCUT2D eigenvalue weighted by molar-refractivity contribution is 6.30. The van der Waals surface area contributed by atoms with E-state index in [2.05, 4.69) is 5.16 Å². The molecule has 28 heavy (non-hydrogen) atoms. The number of piperidine rings is 1. The van der Waals surface area contributed by atoms with Crippen LogP contribution in [-0.4, -0.2) is 41.6 Å². The van der Waals surface area contributed by atoms with Crippen molar-refractivity contribution >= 4 is 23.4 Å². The Balaban J connectivity index is 1.64. The Kier molecular flexibility index (Phi) is 6.24. The van der Waals surface area contributed by atoms with Crippen LogP contribution in [0.15, 0.2) is 34.9 Å². The highest BCUT2D eigenvalue weighted by Crippen LogP contribution is 2.36. The number of amides is 2. The minimum absolute atomic E-state index is 0.182. The molecule has 1 aromatic heterocycles. The summed E-state index contributed by atoms with van der Waals surface area (Å²) in [5, 5.41) is 4.50. The predicted molar refractivity (Wildman–Crippen MR) is 104 cm³/mol. The number of rotatable bonds is 7. The first-order valence-electron chi connectivity index (χ1n) is 9.32. The first kappa shape index (κ1) is 20.2. The average Bonchev–Trinajstić information content (AvgIpc) is 3.16. The monoisotopic (exact) mass is 405 g/mol. The second-order valence-corrected chi connectivity index (χ2v) is 7.65. The molecule has 1 aliphatic heterocycles. The van der Waals surface area contributed by atoms with Gasteiger partial charge in [0.25, 0.3) is 5.91 Å². The molecule has 8 heteroatoms. The van der Waals surface area contributed by atoms with Crippen molar-refractivity contribution in [3.63, 3.8) is 0 Å². The SMILES string of the molecule is CCc1cc(C(=O)N2CCC(COc3ccc(Cl)cc3)(CC(N)=O)CC2)on1. The second-order valence-electron chi connectivity index (χ2n) is 7.21. The van der Waals surface area contributed by atoms with Gasteiger partial charge < -0.3 is 19.9 Å². The van der Waals surface area contributed by atoms with E-state index >= 15 is 0 Å². The van der Waals surface area contributed by atoms with E-state index in [0.717, 1.165) is 5.69 Å². The molecular weight excluding hydrogens is 382 g/mol. The van der Waals surface area contributed by atoms with E-state index in [4.69, 9.17) is 26.6 Å². The molecule has 2 aromatic rings. The Morgan fingerprint density at radius 1 is 1.29 bits per heavy atom. The normalized spacial score (nSPS) is 16.0. The van der Waals surface area contributed by atoms with Crippen LogP contribution in [0.5, 0.6) is 5.75 Å². The summed E-state index contributed by atoms with van der Waals surface area (Å²) in [4.78, 5) is 26.0. The Hall–Kier alpha value is -2.54. The fourth-order valence-corrected chi connectivity index (χ4v) is 3.55. The maximum atomic E-state index is 12.6. The van der Waals surface area contributed by atoms with Crippen LogP contribution in [0.2, 0.25) is 5.02 Å². The molecule has 2 N–H and O–H groups in total. The van der Waals surface area contributed by atoms with Gasteiger partial charge in [-0.3, -0.25) is 9.59 Å². The van der Waals surface area contributed by atoms with E-state index in [-0.39, 0.29) is 24.0 Å². The zero-order valence-electron chi connectivity index (χ0n) is 15.8. The van der Waals surface area contributed by atoms with Gasteiger partial charge in [0.15, 0.2) is 0 Å². The fraction of sp³-hybridized carbons (Fsp3) is 0.450. The van der Waals surface area contributed by atoms with Crippen molar-refractivity contribution in [2.24, 2.45) is 11.1 Å². The number of likely N-dealkylation sites (tertiary alicyclic amines) is 1. The van der Waals surface area contributed by atoms with Gasteiger partial charge in [0.1, 0.15) is 5.75 Å². The molecule has 150 valence electrons. The zero-order valence-corrected chi connectivity index (χ0v) is 16.6. The smallest absolute Gasteiger partial charge is 0.292 e. The van der Waals surface area contributed by atoms with Gasteiger partial charge >= 0.3 is 0 Å². The summed E-state index contributed by atoms with van der Waals surface area (Å²) < 4.78 is 11.1. The van der Waals surface area contributed by atoms with E-state index in [9.17, 15) is 9.59 Å². The Bertz CT molecular complexity index is 826. The van der Waals surface area contributed by atoms with Gasteiger partial charge in [0.2, 0.25) is 11.7 Å². The van der Waals surface area contributed by atoms with E-state index in [1.54, 1.807) is 35.2 Å². The van der Waals surface area contributed by atoms with Gasteiger partial charge in [-0.15, -0.1) is 0 Å². The molecule has 2 amide bonds. The van der Waals surface area contributed by atoms with Crippen LogP contribution in [-0.2, 0) is 11.2 Å². The number of ether oxygens (including phenoxy) is 1. The molecule has 3 rings (SSSR count). The number of nitrogens with zero attached hydrogens (tertiary/aromatic N) is 2. The molecule has 0 radical (unpaired) electrons. The van der Waals surface area contributed by atoms with Crippen LogP contribution in [0.3, 0.4) is 0 Å². The number of halogens is 1. The molecule has 1 aliphatic rings. The standard InChI is InChI=1S/C20H24ClN3O4/c1-2-15-11-17(28-23-15)19(26)24-9-7-20(8-10-24,12-18(22)25)13-27-16-5-3-14(21)4-6-16/h3-6,11H,2,7-10,12-13H2,1H3,(H2,22,25). The van der Waals surface area contributed by atoms with E-state index in [1.165, 1.54) is 0 Å². The third-order valence-electron chi connectivity index (χ3n) is 5.15. The van der Waals surface area contributed by atoms with E-state index < -0.39 is 5.41 Å². The molecule has 1 saturated heterocycles. The average molecular weight is 406 g/mol. The van der Waals surface area contributed by atoms with Gasteiger partial charge in [0, 0.05) is 36.0 Å². The lowest BCUT2D eigenvalue weighted by Gasteiger charge is -2.40. The number of aromatic nitrogens is 1. The summed E-state index contributed by atoms with van der Waals surface area (Å²) in [6.45, 7) is 3.30. The van der Waals surface area contributed by atoms with Crippen LogP contribution >= 0.6 is 11.6 Å².